The van der Waals surface area contributed by atoms with E-state index in [-0.39, 0.29) is 17.2 Å². The average molecular weight is 277 g/mol. The van der Waals surface area contributed by atoms with Crippen molar-refractivity contribution >= 4 is 5.97 Å². The lowest BCUT2D eigenvalue weighted by Gasteiger charge is -2.17. The summed E-state index contributed by atoms with van der Waals surface area (Å²) in [6.07, 6.45) is 4.44. The van der Waals surface area contributed by atoms with Crippen LogP contribution in [-0.4, -0.2) is 45.2 Å². The molecule has 0 radical (unpaired) electrons. The molecule has 1 N–H and O–H groups in total. The molecule has 1 aromatic heterocycles. The number of aromatic nitrogens is 2. The van der Waals surface area contributed by atoms with E-state index in [2.05, 4.69) is 9.88 Å². The molecule has 1 aliphatic carbocycles. The summed E-state index contributed by atoms with van der Waals surface area (Å²) in [5.74, 6) is -0.203. The molecule has 1 saturated heterocycles. The molecule has 6 heteroatoms. The van der Waals surface area contributed by atoms with Crippen molar-refractivity contribution in [3.05, 3.63) is 27.9 Å². The van der Waals surface area contributed by atoms with E-state index >= 15 is 0 Å². The van der Waals surface area contributed by atoms with Crippen LogP contribution in [0.5, 0.6) is 0 Å². The molecule has 0 amide bonds. The lowest BCUT2D eigenvalue weighted by atomic mass is 10.3. The summed E-state index contributed by atoms with van der Waals surface area (Å²) in [5.41, 5.74) is -0.368. The van der Waals surface area contributed by atoms with E-state index in [1.807, 2.05) is 0 Å². The van der Waals surface area contributed by atoms with Gasteiger partial charge in [-0.2, -0.15) is 0 Å². The van der Waals surface area contributed by atoms with Crippen molar-refractivity contribution < 1.29 is 9.90 Å². The molecular weight excluding hydrogens is 258 g/mol. The molecule has 6 nitrogen and oxygen atoms in total. The lowest BCUT2D eigenvalue weighted by Crippen LogP contribution is -2.32. The summed E-state index contributed by atoms with van der Waals surface area (Å²) in [6, 6.07) is 1.14. The molecule has 2 aliphatic rings. The molecule has 0 unspecified atom stereocenters. The van der Waals surface area contributed by atoms with Crippen molar-refractivity contribution in [2.24, 2.45) is 0 Å². The first-order valence-corrected chi connectivity index (χ1v) is 7.22. The first kappa shape index (κ1) is 13.3. The monoisotopic (exact) mass is 277 g/mol. The van der Waals surface area contributed by atoms with Gasteiger partial charge in [-0.05, 0) is 38.8 Å². The van der Waals surface area contributed by atoms with Gasteiger partial charge in [0.2, 0.25) is 0 Å². The van der Waals surface area contributed by atoms with E-state index in [9.17, 15) is 9.59 Å². The van der Waals surface area contributed by atoms with Crippen molar-refractivity contribution in [3.63, 3.8) is 0 Å². The normalized spacial score (nSPS) is 19.4. The summed E-state index contributed by atoms with van der Waals surface area (Å²) >= 11 is 0. The van der Waals surface area contributed by atoms with E-state index in [0.717, 1.165) is 38.5 Å². The van der Waals surface area contributed by atoms with Crippen LogP contribution in [0.4, 0.5) is 0 Å². The van der Waals surface area contributed by atoms with E-state index in [4.69, 9.17) is 5.11 Å². The van der Waals surface area contributed by atoms with Crippen LogP contribution in [0.25, 0.3) is 0 Å². The van der Waals surface area contributed by atoms with Crippen LogP contribution in [0, 0.1) is 0 Å². The van der Waals surface area contributed by atoms with E-state index in [1.54, 1.807) is 4.57 Å². The number of carboxylic acid groups (broad SMARTS) is 1. The van der Waals surface area contributed by atoms with Gasteiger partial charge in [0.25, 0.3) is 5.56 Å². The Labute approximate surface area is 117 Å². The van der Waals surface area contributed by atoms with Crippen LogP contribution in [0.3, 0.4) is 0 Å². The number of carbonyl (C=O) groups is 1. The zero-order chi connectivity index (χ0) is 14.1. The minimum absolute atomic E-state index is 0.130. The molecular formula is C14H19N3O3. The van der Waals surface area contributed by atoms with Gasteiger partial charge < -0.3 is 10.0 Å². The highest BCUT2D eigenvalue weighted by Gasteiger charge is 2.30. The summed E-state index contributed by atoms with van der Waals surface area (Å²) in [7, 11) is 0. The quantitative estimate of drug-likeness (QED) is 0.866. The highest BCUT2D eigenvalue weighted by molar-refractivity contribution is 5.85. The molecule has 108 valence electrons. The second-order valence-corrected chi connectivity index (χ2v) is 5.62. The van der Waals surface area contributed by atoms with Crippen LogP contribution in [0.1, 0.15) is 47.9 Å². The fourth-order valence-corrected chi connectivity index (χ4v) is 2.76. The molecule has 0 spiro atoms. The highest BCUT2D eigenvalue weighted by Crippen LogP contribution is 2.38. The maximum absolute atomic E-state index is 12.1. The molecule has 0 atom stereocenters. The van der Waals surface area contributed by atoms with Crippen LogP contribution in [-0.2, 0) is 6.54 Å². The molecule has 2 fully saturated rings. The average Bonchev–Trinajstić information content (AvgIpc) is 3.13. The van der Waals surface area contributed by atoms with Gasteiger partial charge in [0.15, 0.2) is 5.69 Å². The predicted octanol–water partition coefficient (Wildman–Crippen LogP) is 0.915. The topological polar surface area (TPSA) is 75.4 Å². The van der Waals surface area contributed by atoms with Crippen LogP contribution >= 0.6 is 0 Å². The third-order valence-corrected chi connectivity index (χ3v) is 4.04. The largest absolute Gasteiger partial charge is 0.477 e. The molecule has 2 heterocycles. The Morgan fingerprint density at radius 2 is 2.00 bits per heavy atom. The third-order valence-electron chi connectivity index (χ3n) is 4.04. The second kappa shape index (κ2) is 5.36. The Hall–Kier alpha value is -1.69. The van der Waals surface area contributed by atoms with Gasteiger partial charge in [0.05, 0.1) is 0 Å². The molecule has 20 heavy (non-hydrogen) atoms. The molecule has 3 rings (SSSR count). The van der Waals surface area contributed by atoms with Gasteiger partial charge in [-0.25, -0.2) is 9.78 Å². The Bertz CT molecular complexity index is 572. The first-order chi connectivity index (χ1) is 9.65. The summed E-state index contributed by atoms with van der Waals surface area (Å²) in [5, 5.41) is 9.01. The number of likely N-dealkylation sites (tertiary alicyclic amines) is 1. The highest BCUT2D eigenvalue weighted by atomic mass is 16.4. The smallest absolute Gasteiger partial charge is 0.354 e. The minimum atomic E-state index is -1.13. The molecule has 1 saturated carbocycles. The number of hydrogen-bond acceptors (Lipinski definition) is 4. The molecule has 1 aromatic rings. The summed E-state index contributed by atoms with van der Waals surface area (Å²) < 4.78 is 1.67. The summed E-state index contributed by atoms with van der Waals surface area (Å²) in [6.45, 7) is 3.63. The first-order valence-electron chi connectivity index (χ1n) is 7.22. The standard InChI is InChI=1S/C14H19N3O3/c18-12-9-11(14(19)20)15-13(10-3-4-10)17(12)8-7-16-5-1-2-6-16/h9-10H,1-8H2,(H,19,20). The van der Waals surface area contributed by atoms with Crippen LogP contribution < -0.4 is 5.56 Å². The van der Waals surface area contributed by atoms with Crippen molar-refractivity contribution in [2.45, 2.75) is 38.1 Å². The van der Waals surface area contributed by atoms with Crippen LogP contribution in [0.15, 0.2) is 10.9 Å². The van der Waals surface area contributed by atoms with Gasteiger partial charge in [-0.3, -0.25) is 9.36 Å². The number of carboxylic acids is 1. The summed E-state index contributed by atoms with van der Waals surface area (Å²) in [4.78, 5) is 29.7. The molecule has 0 bridgehead atoms. The maximum atomic E-state index is 12.1. The van der Waals surface area contributed by atoms with Crippen molar-refractivity contribution in [2.75, 3.05) is 19.6 Å². The van der Waals surface area contributed by atoms with Gasteiger partial charge >= 0.3 is 5.97 Å². The van der Waals surface area contributed by atoms with Crippen LogP contribution in [0.2, 0.25) is 0 Å². The zero-order valence-corrected chi connectivity index (χ0v) is 11.4. The van der Waals surface area contributed by atoms with E-state index < -0.39 is 5.97 Å². The maximum Gasteiger partial charge on any atom is 0.354 e. The predicted molar refractivity (Wildman–Crippen MR) is 73.1 cm³/mol. The second-order valence-electron chi connectivity index (χ2n) is 5.62. The Kier molecular flexibility index (Phi) is 3.56. The van der Waals surface area contributed by atoms with Gasteiger partial charge in [0, 0.05) is 25.1 Å². The van der Waals surface area contributed by atoms with Crippen molar-refractivity contribution in [1.82, 2.24) is 14.5 Å². The van der Waals surface area contributed by atoms with Gasteiger partial charge in [-0.15, -0.1) is 0 Å². The third kappa shape index (κ3) is 2.75. The SMILES string of the molecule is O=C(O)c1cc(=O)n(CCN2CCCC2)c(C2CC2)n1. The van der Waals surface area contributed by atoms with Crippen molar-refractivity contribution in [3.8, 4) is 0 Å². The molecule has 0 aromatic carbocycles. The zero-order valence-electron chi connectivity index (χ0n) is 11.4. The van der Waals surface area contributed by atoms with E-state index in [0.29, 0.717) is 12.4 Å². The lowest BCUT2D eigenvalue weighted by molar-refractivity contribution is 0.0689. The van der Waals surface area contributed by atoms with Crippen molar-refractivity contribution in [1.29, 1.82) is 0 Å². The number of nitrogens with zero attached hydrogens (tertiary/aromatic N) is 3. The molecule has 1 aliphatic heterocycles. The van der Waals surface area contributed by atoms with E-state index in [1.165, 1.54) is 12.8 Å². The Morgan fingerprint density at radius 1 is 1.30 bits per heavy atom. The fourth-order valence-electron chi connectivity index (χ4n) is 2.76. The van der Waals surface area contributed by atoms with Gasteiger partial charge in [0.1, 0.15) is 5.82 Å². The number of hydrogen-bond donors (Lipinski definition) is 1. The fraction of sp³-hybridized carbons (Fsp3) is 0.643. The Balaban J connectivity index is 1.84. The van der Waals surface area contributed by atoms with Gasteiger partial charge in [-0.1, -0.05) is 0 Å². The number of rotatable bonds is 5. The minimum Gasteiger partial charge on any atom is -0.477 e. The number of aromatic carboxylic acids is 1. The Morgan fingerprint density at radius 3 is 2.60 bits per heavy atom.